The van der Waals surface area contributed by atoms with Gasteiger partial charge in [-0.3, -0.25) is 14.9 Å². The van der Waals surface area contributed by atoms with E-state index in [1.807, 2.05) is 0 Å². The SMILES string of the molecule is Cc1ccc(NC(=O)CCBr)c([N+](=O)[O-])c1. The second-order valence-electron chi connectivity index (χ2n) is 3.26. The van der Waals surface area contributed by atoms with Crippen LogP contribution in [-0.4, -0.2) is 16.2 Å². The standard InChI is InChI=1S/C10H11BrN2O3/c1-7-2-3-8(9(6-7)13(15)16)12-10(14)4-5-11/h2-3,6H,4-5H2,1H3,(H,12,14). The van der Waals surface area contributed by atoms with Gasteiger partial charge < -0.3 is 5.32 Å². The van der Waals surface area contributed by atoms with E-state index >= 15 is 0 Å². The fourth-order valence-corrected chi connectivity index (χ4v) is 1.56. The van der Waals surface area contributed by atoms with Gasteiger partial charge in [0.15, 0.2) is 0 Å². The highest BCUT2D eigenvalue weighted by atomic mass is 79.9. The summed E-state index contributed by atoms with van der Waals surface area (Å²) in [5, 5.41) is 13.8. The number of aryl methyl sites for hydroxylation is 1. The lowest BCUT2D eigenvalue weighted by molar-refractivity contribution is -0.384. The first-order valence-electron chi connectivity index (χ1n) is 4.65. The van der Waals surface area contributed by atoms with Gasteiger partial charge in [-0.05, 0) is 18.6 Å². The Morgan fingerprint density at radius 3 is 2.81 bits per heavy atom. The number of nitro groups is 1. The fraction of sp³-hybridized carbons (Fsp3) is 0.300. The zero-order chi connectivity index (χ0) is 12.1. The van der Waals surface area contributed by atoms with E-state index in [2.05, 4.69) is 21.2 Å². The van der Waals surface area contributed by atoms with Gasteiger partial charge in [-0.2, -0.15) is 0 Å². The number of nitro benzene ring substituents is 1. The van der Waals surface area contributed by atoms with Crippen LogP contribution in [0.1, 0.15) is 12.0 Å². The Labute approximate surface area is 101 Å². The predicted molar refractivity (Wildman–Crippen MR) is 64.9 cm³/mol. The quantitative estimate of drug-likeness (QED) is 0.525. The molecule has 1 rings (SSSR count). The molecule has 86 valence electrons. The lowest BCUT2D eigenvalue weighted by Gasteiger charge is -2.05. The van der Waals surface area contributed by atoms with Crippen molar-refractivity contribution in [1.29, 1.82) is 0 Å². The maximum Gasteiger partial charge on any atom is 0.293 e. The predicted octanol–water partition coefficient (Wildman–Crippen LogP) is 2.63. The van der Waals surface area contributed by atoms with E-state index in [9.17, 15) is 14.9 Å². The van der Waals surface area contributed by atoms with Gasteiger partial charge in [0.25, 0.3) is 5.69 Å². The summed E-state index contributed by atoms with van der Waals surface area (Å²) >= 11 is 3.13. The molecule has 0 unspecified atom stereocenters. The topological polar surface area (TPSA) is 72.2 Å². The first-order valence-corrected chi connectivity index (χ1v) is 5.77. The van der Waals surface area contributed by atoms with Crippen molar-refractivity contribution in [2.45, 2.75) is 13.3 Å². The Hall–Kier alpha value is -1.43. The number of carbonyl (C=O) groups is 1. The normalized spacial score (nSPS) is 9.88. The summed E-state index contributed by atoms with van der Waals surface area (Å²) < 4.78 is 0. The van der Waals surface area contributed by atoms with Gasteiger partial charge in [0.1, 0.15) is 5.69 Å². The van der Waals surface area contributed by atoms with Crippen LogP contribution in [0.2, 0.25) is 0 Å². The summed E-state index contributed by atoms with van der Waals surface area (Å²) in [5.74, 6) is -0.246. The Morgan fingerprint density at radius 1 is 1.56 bits per heavy atom. The number of hydrogen-bond acceptors (Lipinski definition) is 3. The molecule has 1 aromatic rings. The van der Waals surface area contributed by atoms with Crippen LogP contribution in [0.3, 0.4) is 0 Å². The second kappa shape index (κ2) is 5.60. The van der Waals surface area contributed by atoms with Gasteiger partial charge in [0.05, 0.1) is 4.92 Å². The lowest BCUT2D eigenvalue weighted by Crippen LogP contribution is -2.12. The highest BCUT2D eigenvalue weighted by molar-refractivity contribution is 9.09. The number of carbonyl (C=O) groups excluding carboxylic acids is 1. The largest absolute Gasteiger partial charge is 0.320 e. The molecule has 16 heavy (non-hydrogen) atoms. The van der Waals surface area contributed by atoms with Crippen LogP contribution >= 0.6 is 15.9 Å². The molecule has 0 aromatic heterocycles. The van der Waals surface area contributed by atoms with Gasteiger partial charge in [-0.1, -0.05) is 22.0 Å². The molecule has 0 fully saturated rings. The number of nitrogens with zero attached hydrogens (tertiary/aromatic N) is 1. The molecular weight excluding hydrogens is 276 g/mol. The first kappa shape index (κ1) is 12.6. The minimum absolute atomic E-state index is 0.0806. The summed E-state index contributed by atoms with van der Waals surface area (Å²) in [4.78, 5) is 21.6. The molecule has 6 heteroatoms. The molecule has 1 aromatic carbocycles. The zero-order valence-corrected chi connectivity index (χ0v) is 10.3. The van der Waals surface area contributed by atoms with E-state index in [0.29, 0.717) is 5.33 Å². The van der Waals surface area contributed by atoms with E-state index in [1.165, 1.54) is 6.07 Å². The number of alkyl halides is 1. The molecule has 0 aliphatic rings. The number of nitrogens with one attached hydrogen (secondary N) is 1. The number of rotatable bonds is 4. The van der Waals surface area contributed by atoms with Gasteiger partial charge in [0.2, 0.25) is 5.91 Å². The molecule has 1 amide bonds. The molecule has 1 N–H and O–H groups in total. The third-order valence-electron chi connectivity index (χ3n) is 1.95. The van der Waals surface area contributed by atoms with Crippen molar-refractivity contribution < 1.29 is 9.72 Å². The maximum absolute atomic E-state index is 11.3. The van der Waals surface area contributed by atoms with E-state index in [-0.39, 0.29) is 23.7 Å². The van der Waals surface area contributed by atoms with Crippen molar-refractivity contribution in [3.8, 4) is 0 Å². The zero-order valence-electron chi connectivity index (χ0n) is 8.70. The fourth-order valence-electron chi connectivity index (χ4n) is 1.20. The Bertz CT molecular complexity index is 421. The maximum atomic E-state index is 11.3. The van der Waals surface area contributed by atoms with Crippen molar-refractivity contribution in [3.63, 3.8) is 0 Å². The van der Waals surface area contributed by atoms with Gasteiger partial charge in [-0.25, -0.2) is 0 Å². The van der Waals surface area contributed by atoms with Gasteiger partial charge in [-0.15, -0.1) is 0 Å². The van der Waals surface area contributed by atoms with Crippen molar-refractivity contribution in [3.05, 3.63) is 33.9 Å². The summed E-state index contributed by atoms with van der Waals surface area (Å²) in [5.41, 5.74) is 0.940. The first-order chi connectivity index (χ1) is 7.54. The number of benzene rings is 1. The average molecular weight is 287 g/mol. The molecule has 0 spiro atoms. The Kier molecular flexibility index (Phi) is 4.42. The monoisotopic (exact) mass is 286 g/mol. The molecule has 5 nitrogen and oxygen atoms in total. The molecule has 0 heterocycles. The summed E-state index contributed by atoms with van der Waals surface area (Å²) in [7, 11) is 0. The minimum atomic E-state index is -0.503. The van der Waals surface area contributed by atoms with E-state index in [0.717, 1.165) is 5.56 Å². The van der Waals surface area contributed by atoms with Gasteiger partial charge >= 0.3 is 0 Å². The van der Waals surface area contributed by atoms with Crippen molar-refractivity contribution in [1.82, 2.24) is 0 Å². The van der Waals surface area contributed by atoms with Crippen LogP contribution in [0.25, 0.3) is 0 Å². The van der Waals surface area contributed by atoms with Crippen LogP contribution in [0, 0.1) is 17.0 Å². The molecule has 0 bridgehead atoms. The molecule has 0 atom stereocenters. The van der Waals surface area contributed by atoms with E-state index in [4.69, 9.17) is 0 Å². The molecule has 0 saturated carbocycles. The summed E-state index contributed by atoms with van der Waals surface area (Å²) in [6, 6.07) is 4.69. The molecule has 0 aliphatic carbocycles. The second-order valence-corrected chi connectivity index (χ2v) is 4.06. The van der Waals surface area contributed by atoms with Crippen molar-refractivity contribution >= 4 is 33.2 Å². The summed E-state index contributed by atoms with van der Waals surface area (Å²) in [6.45, 7) is 1.76. The lowest BCUT2D eigenvalue weighted by atomic mass is 10.2. The number of anilines is 1. The third kappa shape index (κ3) is 3.30. The molecule has 0 saturated heterocycles. The van der Waals surface area contributed by atoms with Crippen LogP contribution in [0.5, 0.6) is 0 Å². The highest BCUT2D eigenvalue weighted by Gasteiger charge is 2.15. The smallest absolute Gasteiger partial charge is 0.293 e. The molecule has 0 radical (unpaired) electrons. The summed E-state index contributed by atoms with van der Waals surface area (Å²) in [6.07, 6.45) is 0.283. The van der Waals surface area contributed by atoms with Crippen molar-refractivity contribution in [2.24, 2.45) is 0 Å². The third-order valence-corrected chi connectivity index (χ3v) is 2.34. The molecule has 0 aliphatic heterocycles. The minimum Gasteiger partial charge on any atom is -0.320 e. The number of hydrogen-bond donors (Lipinski definition) is 1. The van der Waals surface area contributed by atoms with Crippen LogP contribution in [0.4, 0.5) is 11.4 Å². The van der Waals surface area contributed by atoms with Crippen LogP contribution in [0.15, 0.2) is 18.2 Å². The Balaban J connectivity index is 2.95. The number of halogens is 1. The average Bonchev–Trinajstić information content (AvgIpc) is 2.20. The van der Waals surface area contributed by atoms with Gasteiger partial charge in [0, 0.05) is 17.8 Å². The van der Waals surface area contributed by atoms with E-state index < -0.39 is 4.92 Å². The van der Waals surface area contributed by atoms with Crippen molar-refractivity contribution in [2.75, 3.05) is 10.6 Å². The molecular formula is C10H11BrN2O3. The highest BCUT2D eigenvalue weighted by Crippen LogP contribution is 2.25. The number of amides is 1. The van der Waals surface area contributed by atoms with Crippen LogP contribution in [-0.2, 0) is 4.79 Å². The van der Waals surface area contributed by atoms with E-state index in [1.54, 1.807) is 19.1 Å². The van der Waals surface area contributed by atoms with Crippen LogP contribution < -0.4 is 5.32 Å². The Morgan fingerprint density at radius 2 is 2.25 bits per heavy atom.